The largest absolute Gasteiger partial charge is 0.399 e. The molecule has 0 aliphatic carbocycles. The molecule has 1 aromatic carbocycles. The number of anilines is 1. The molecule has 17 heavy (non-hydrogen) atoms. The topological polar surface area (TPSA) is 43.8 Å². The van der Waals surface area contributed by atoms with Crippen LogP contribution in [0.3, 0.4) is 0 Å². The molecule has 0 spiro atoms. The summed E-state index contributed by atoms with van der Waals surface area (Å²) in [6, 6.07) is 6.23. The minimum Gasteiger partial charge on any atom is -0.399 e. The normalized spacial score (nSPS) is 10.7. The molecule has 0 unspecified atom stereocenters. The summed E-state index contributed by atoms with van der Waals surface area (Å²) in [7, 11) is 0. The smallest absolute Gasteiger partial charge is 0.0995 e. The zero-order chi connectivity index (χ0) is 12.3. The van der Waals surface area contributed by atoms with Crippen LogP contribution in [-0.2, 0) is 6.42 Å². The molecule has 0 atom stereocenters. The molecule has 0 fully saturated rings. The molecule has 1 heterocycles. The first-order chi connectivity index (χ1) is 8.19. The Morgan fingerprint density at radius 3 is 2.76 bits per heavy atom. The van der Waals surface area contributed by atoms with E-state index in [1.807, 2.05) is 30.1 Å². The zero-order valence-corrected chi connectivity index (χ0v) is 10.5. The number of nitrogens with zero attached hydrogens (tertiary/aromatic N) is 2. The highest BCUT2D eigenvalue weighted by molar-refractivity contribution is 5.51. The molecule has 3 nitrogen and oxygen atoms in total. The lowest BCUT2D eigenvalue weighted by atomic mass is 10.1. The van der Waals surface area contributed by atoms with Crippen molar-refractivity contribution in [3.05, 3.63) is 42.0 Å². The Balaban J connectivity index is 2.31. The first kappa shape index (κ1) is 11.7. The summed E-state index contributed by atoms with van der Waals surface area (Å²) < 4.78 is 2.02. The summed E-state index contributed by atoms with van der Waals surface area (Å²) in [5.74, 6) is 0. The van der Waals surface area contributed by atoms with E-state index in [0.717, 1.165) is 23.5 Å². The van der Waals surface area contributed by atoms with E-state index in [-0.39, 0.29) is 0 Å². The van der Waals surface area contributed by atoms with Crippen molar-refractivity contribution in [1.82, 2.24) is 9.55 Å². The summed E-state index contributed by atoms with van der Waals surface area (Å²) in [6.07, 6.45) is 7.33. The van der Waals surface area contributed by atoms with Gasteiger partial charge in [-0.15, -0.1) is 0 Å². The van der Waals surface area contributed by atoms with Gasteiger partial charge >= 0.3 is 0 Å². The average Bonchev–Trinajstić information content (AvgIpc) is 2.72. The van der Waals surface area contributed by atoms with Gasteiger partial charge in [-0.3, -0.25) is 0 Å². The van der Waals surface area contributed by atoms with Crippen molar-refractivity contribution in [2.75, 3.05) is 5.73 Å². The van der Waals surface area contributed by atoms with Crippen LogP contribution in [0, 0.1) is 6.92 Å². The van der Waals surface area contributed by atoms with Gasteiger partial charge in [-0.1, -0.05) is 13.3 Å². The molecule has 0 saturated heterocycles. The lowest BCUT2D eigenvalue weighted by Gasteiger charge is -2.07. The molecule has 3 heteroatoms. The fourth-order valence-electron chi connectivity index (χ4n) is 1.94. The summed E-state index contributed by atoms with van der Waals surface area (Å²) in [5, 5.41) is 0. The van der Waals surface area contributed by atoms with Crippen molar-refractivity contribution in [3.63, 3.8) is 0 Å². The summed E-state index contributed by atoms with van der Waals surface area (Å²) in [4.78, 5) is 4.24. The maximum Gasteiger partial charge on any atom is 0.0995 e. The molecule has 2 rings (SSSR count). The number of hydrogen-bond acceptors (Lipinski definition) is 2. The fraction of sp³-hybridized carbons (Fsp3) is 0.357. The highest BCUT2D eigenvalue weighted by Gasteiger charge is 2.02. The van der Waals surface area contributed by atoms with Crippen LogP contribution in [0.1, 0.15) is 31.0 Å². The van der Waals surface area contributed by atoms with Gasteiger partial charge in [-0.25, -0.2) is 4.98 Å². The number of benzene rings is 1. The van der Waals surface area contributed by atoms with Crippen molar-refractivity contribution < 1.29 is 0 Å². The highest BCUT2D eigenvalue weighted by Crippen LogP contribution is 2.18. The quantitative estimate of drug-likeness (QED) is 0.819. The van der Waals surface area contributed by atoms with Gasteiger partial charge in [0, 0.05) is 17.6 Å². The second-order valence-corrected chi connectivity index (χ2v) is 4.46. The molecule has 0 aliphatic heterocycles. The molecular weight excluding hydrogens is 210 g/mol. The van der Waals surface area contributed by atoms with Gasteiger partial charge < -0.3 is 10.3 Å². The SMILES string of the molecule is CCCCc1cc(N)cc(-n2cnc(C)c2)c1. The third-order valence-corrected chi connectivity index (χ3v) is 2.83. The number of imidazole rings is 1. The maximum atomic E-state index is 5.94. The minimum atomic E-state index is 0.819. The average molecular weight is 229 g/mol. The Bertz CT molecular complexity index is 500. The molecule has 1 aromatic heterocycles. The van der Waals surface area contributed by atoms with Crippen LogP contribution in [0.4, 0.5) is 5.69 Å². The zero-order valence-electron chi connectivity index (χ0n) is 10.5. The first-order valence-corrected chi connectivity index (χ1v) is 6.09. The van der Waals surface area contributed by atoms with Crippen molar-refractivity contribution in [2.24, 2.45) is 0 Å². The summed E-state index contributed by atoms with van der Waals surface area (Å²) >= 11 is 0. The second-order valence-electron chi connectivity index (χ2n) is 4.46. The van der Waals surface area contributed by atoms with Crippen LogP contribution in [0.2, 0.25) is 0 Å². The molecule has 90 valence electrons. The second kappa shape index (κ2) is 5.04. The van der Waals surface area contributed by atoms with Gasteiger partial charge in [-0.05, 0) is 43.5 Å². The minimum absolute atomic E-state index is 0.819. The molecule has 0 aliphatic rings. The first-order valence-electron chi connectivity index (χ1n) is 6.09. The standard InChI is InChI=1S/C14H19N3/c1-3-4-5-12-6-13(15)8-14(7-12)17-9-11(2)16-10-17/h6-10H,3-5,15H2,1-2H3. The number of hydrogen-bond donors (Lipinski definition) is 1. The van der Waals surface area contributed by atoms with Crippen molar-refractivity contribution in [1.29, 1.82) is 0 Å². The Hall–Kier alpha value is -1.77. The Morgan fingerprint density at radius 2 is 2.12 bits per heavy atom. The van der Waals surface area contributed by atoms with Crippen molar-refractivity contribution >= 4 is 5.69 Å². The van der Waals surface area contributed by atoms with Gasteiger partial charge in [0.15, 0.2) is 0 Å². The maximum absolute atomic E-state index is 5.94. The van der Waals surface area contributed by atoms with E-state index in [2.05, 4.69) is 24.0 Å². The van der Waals surface area contributed by atoms with E-state index in [9.17, 15) is 0 Å². The third-order valence-electron chi connectivity index (χ3n) is 2.83. The van der Waals surface area contributed by atoms with E-state index < -0.39 is 0 Å². The monoisotopic (exact) mass is 229 g/mol. The molecule has 0 saturated carbocycles. The lowest BCUT2D eigenvalue weighted by molar-refractivity contribution is 0.794. The molecule has 0 radical (unpaired) electrons. The molecule has 2 N–H and O–H groups in total. The van der Waals surface area contributed by atoms with Crippen LogP contribution in [0.5, 0.6) is 0 Å². The van der Waals surface area contributed by atoms with Gasteiger partial charge in [0.2, 0.25) is 0 Å². The summed E-state index contributed by atoms with van der Waals surface area (Å²) in [6.45, 7) is 4.19. The molecule has 2 aromatic rings. The lowest BCUT2D eigenvalue weighted by Crippen LogP contribution is -1.96. The molecule has 0 bridgehead atoms. The van der Waals surface area contributed by atoms with Crippen LogP contribution in [-0.4, -0.2) is 9.55 Å². The number of nitrogen functional groups attached to an aromatic ring is 1. The number of nitrogens with two attached hydrogens (primary N) is 1. The predicted octanol–water partition coefficient (Wildman–Crippen LogP) is 3.11. The number of aromatic nitrogens is 2. The Morgan fingerprint density at radius 1 is 1.29 bits per heavy atom. The van der Waals surface area contributed by atoms with Gasteiger partial charge in [0.1, 0.15) is 0 Å². The number of aryl methyl sites for hydroxylation is 2. The third kappa shape index (κ3) is 2.87. The number of unbranched alkanes of at least 4 members (excludes halogenated alkanes) is 1. The van der Waals surface area contributed by atoms with Crippen LogP contribution in [0.15, 0.2) is 30.7 Å². The van der Waals surface area contributed by atoms with Gasteiger partial charge in [-0.2, -0.15) is 0 Å². The van der Waals surface area contributed by atoms with Gasteiger partial charge in [0.25, 0.3) is 0 Å². The van der Waals surface area contributed by atoms with E-state index >= 15 is 0 Å². The van der Waals surface area contributed by atoms with E-state index in [4.69, 9.17) is 5.73 Å². The van der Waals surface area contributed by atoms with E-state index in [1.165, 1.54) is 18.4 Å². The molecular formula is C14H19N3. The van der Waals surface area contributed by atoms with Crippen LogP contribution >= 0.6 is 0 Å². The molecule has 0 amide bonds. The van der Waals surface area contributed by atoms with Crippen molar-refractivity contribution in [3.8, 4) is 5.69 Å². The Labute approximate surface area is 102 Å². The van der Waals surface area contributed by atoms with Gasteiger partial charge in [0.05, 0.1) is 12.0 Å². The van der Waals surface area contributed by atoms with Crippen molar-refractivity contribution in [2.45, 2.75) is 33.1 Å². The fourth-order valence-corrected chi connectivity index (χ4v) is 1.94. The van der Waals surface area contributed by atoms with Crippen LogP contribution in [0.25, 0.3) is 5.69 Å². The predicted molar refractivity (Wildman–Crippen MR) is 71.3 cm³/mol. The highest BCUT2D eigenvalue weighted by atomic mass is 15.0. The van der Waals surface area contributed by atoms with Crippen LogP contribution < -0.4 is 5.73 Å². The number of rotatable bonds is 4. The summed E-state index contributed by atoms with van der Waals surface area (Å²) in [5.41, 5.74) is 10.2. The van der Waals surface area contributed by atoms with E-state index in [0.29, 0.717) is 0 Å². The van der Waals surface area contributed by atoms with E-state index in [1.54, 1.807) is 0 Å². The Kier molecular flexibility index (Phi) is 3.47.